The Labute approximate surface area is 114 Å². The van der Waals surface area contributed by atoms with E-state index in [0.717, 1.165) is 5.56 Å². The zero-order valence-corrected chi connectivity index (χ0v) is 11.7. The lowest BCUT2D eigenvalue weighted by Crippen LogP contribution is -2.26. The second kappa shape index (κ2) is 7.53. The highest BCUT2D eigenvalue weighted by Crippen LogP contribution is 2.04. The minimum atomic E-state index is -0.0870. The Bertz CT molecular complexity index is 427. The van der Waals surface area contributed by atoms with Crippen LogP contribution >= 0.6 is 0 Å². The van der Waals surface area contributed by atoms with Crippen LogP contribution in [0, 0.1) is 0 Å². The number of rotatable bonds is 6. The molecular formula is C14H21N3O2. The summed E-state index contributed by atoms with van der Waals surface area (Å²) in [6.45, 7) is 1.34. The summed E-state index contributed by atoms with van der Waals surface area (Å²) in [5.41, 5.74) is 1.74. The summed E-state index contributed by atoms with van der Waals surface area (Å²) in [6, 6.07) is 7.40. The molecule has 0 radical (unpaired) electrons. The summed E-state index contributed by atoms with van der Waals surface area (Å²) in [5.74, 6) is 0.0264. The van der Waals surface area contributed by atoms with Gasteiger partial charge in [-0.1, -0.05) is 12.1 Å². The highest BCUT2D eigenvalue weighted by molar-refractivity contribution is 5.93. The molecule has 0 saturated heterocycles. The largest absolute Gasteiger partial charge is 0.355 e. The van der Waals surface area contributed by atoms with Crippen molar-refractivity contribution in [3.8, 4) is 0 Å². The zero-order valence-electron chi connectivity index (χ0n) is 11.7. The maximum atomic E-state index is 11.4. The van der Waals surface area contributed by atoms with E-state index in [1.165, 1.54) is 0 Å². The summed E-state index contributed by atoms with van der Waals surface area (Å²) in [6.07, 6.45) is 0.489. The van der Waals surface area contributed by atoms with Crippen LogP contribution < -0.4 is 10.6 Å². The van der Waals surface area contributed by atoms with Crippen LogP contribution in [-0.2, 0) is 11.3 Å². The second-order valence-electron chi connectivity index (χ2n) is 4.49. The molecule has 0 heterocycles. The number of amides is 2. The molecule has 2 N–H and O–H groups in total. The Balaban J connectivity index is 2.34. The molecule has 0 aromatic heterocycles. The number of hydrogen-bond donors (Lipinski definition) is 2. The van der Waals surface area contributed by atoms with E-state index in [1.54, 1.807) is 38.2 Å². The van der Waals surface area contributed by atoms with Crippen molar-refractivity contribution in [2.75, 3.05) is 27.7 Å². The summed E-state index contributed by atoms with van der Waals surface area (Å²) in [7, 11) is 5.11. The predicted octanol–water partition coefficient (Wildman–Crippen LogP) is 0.614. The molecule has 0 atom stereocenters. The van der Waals surface area contributed by atoms with E-state index < -0.39 is 0 Å². The van der Waals surface area contributed by atoms with E-state index >= 15 is 0 Å². The van der Waals surface area contributed by atoms with Crippen molar-refractivity contribution in [2.24, 2.45) is 0 Å². The van der Waals surface area contributed by atoms with Crippen molar-refractivity contribution in [1.29, 1.82) is 0 Å². The van der Waals surface area contributed by atoms with E-state index in [0.29, 0.717) is 25.1 Å². The molecule has 0 saturated carbocycles. The van der Waals surface area contributed by atoms with Gasteiger partial charge in [0, 0.05) is 46.2 Å². The first-order valence-electron chi connectivity index (χ1n) is 6.26. The molecule has 0 bridgehead atoms. The monoisotopic (exact) mass is 263 g/mol. The average molecular weight is 263 g/mol. The van der Waals surface area contributed by atoms with Crippen LogP contribution in [0.15, 0.2) is 24.3 Å². The Morgan fingerprint density at radius 1 is 1.16 bits per heavy atom. The predicted molar refractivity (Wildman–Crippen MR) is 74.8 cm³/mol. The number of nitrogens with one attached hydrogen (secondary N) is 2. The van der Waals surface area contributed by atoms with Crippen molar-refractivity contribution in [2.45, 2.75) is 13.0 Å². The van der Waals surface area contributed by atoms with Gasteiger partial charge < -0.3 is 15.5 Å². The Kier molecular flexibility index (Phi) is 6.02. The third-order valence-electron chi connectivity index (χ3n) is 2.79. The fourth-order valence-electron chi connectivity index (χ4n) is 1.57. The molecular weight excluding hydrogens is 242 g/mol. The van der Waals surface area contributed by atoms with Gasteiger partial charge in [0.2, 0.25) is 5.91 Å². The summed E-state index contributed by atoms with van der Waals surface area (Å²) in [5, 5.41) is 5.78. The minimum Gasteiger partial charge on any atom is -0.355 e. The first kappa shape index (κ1) is 15.2. The summed E-state index contributed by atoms with van der Waals surface area (Å²) >= 11 is 0. The van der Waals surface area contributed by atoms with Crippen molar-refractivity contribution >= 4 is 11.8 Å². The molecule has 0 aliphatic carbocycles. The van der Waals surface area contributed by atoms with Gasteiger partial charge in [-0.3, -0.25) is 9.59 Å². The van der Waals surface area contributed by atoms with Crippen molar-refractivity contribution in [3.05, 3.63) is 35.4 Å². The topological polar surface area (TPSA) is 61.4 Å². The van der Waals surface area contributed by atoms with Gasteiger partial charge in [-0.2, -0.15) is 0 Å². The lowest BCUT2D eigenvalue weighted by molar-refractivity contribution is -0.128. The fraction of sp³-hybridized carbons (Fsp3) is 0.429. The lowest BCUT2D eigenvalue weighted by atomic mass is 10.1. The van der Waals surface area contributed by atoms with Gasteiger partial charge in [0.05, 0.1) is 0 Å². The van der Waals surface area contributed by atoms with Gasteiger partial charge in [-0.25, -0.2) is 0 Å². The number of benzene rings is 1. The van der Waals surface area contributed by atoms with Gasteiger partial charge in [-0.05, 0) is 17.7 Å². The van der Waals surface area contributed by atoms with Crippen LogP contribution in [0.5, 0.6) is 0 Å². The summed E-state index contributed by atoms with van der Waals surface area (Å²) < 4.78 is 0. The Morgan fingerprint density at radius 3 is 2.32 bits per heavy atom. The third kappa shape index (κ3) is 5.09. The maximum absolute atomic E-state index is 11.4. The van der Waals surface area contributed by atoms with Crippen molar-refractivity contribution < 1.29 is 9.59 Å². The first-order chi connectivity index (χ1) is 9.04. The van der Waals surface area contributed by atoms with Gasteiger partial charge in [0.1, 0.15) is 0 Å². The maximum Gasteiger partial charge on any atom is 0.251 e. The van der Waals surface area contributed by atoms with E-state index in [9.17, 15) is 9.59 Å². The number of hydrogen-bond acceptors (Lipinski definition) is 3. The molecule has 1 rings (SSSR count). The van der Waals surface area contributed by atoms with Crippen LogP contribution in [-0.4, -0.2) is 44.4 Å². The molecule has 0 unspecified atom stereocenters. The molecule has 0 aliphatic heterocycles. The highest BCUT2D eigenvalue weighted by Gasteiger charge is 2.04. The van der Waals surface area contributed by atoms with E-state index in [-0.39, 0.29) is 11.8 Å². The number of carbonyl (C=O) groups is 2. The van der Waals surface area contributed by atoms with Crippen LogP contribution in [0.4, 0.5) is 0 Å². The van der Waals surface area contributed by atoms with Crippen LogP contribution in [0.2, 0.25) is 0 Å². The van der Waals surface area contributed by atoms with Crippen LogP contribution in [0.1, 0.15) is 22.3 Å². The Hall–Kier alpha value is -1.88. The quantitative estimate of drug-likeness (QED) is 0.739. The molecule has 5 heteroatoms. The highest BCUT2D eigenvalue weighted by atomic mass is 16.2. The van der Waals surface area contributed by atoms with Gasteiger partial charge in [-0.15, -0.1) is 0 Å². The van der Waals surface area contributed by atoms with E-state index in [4.69, 9.17) is 0 Å². The standard InChI is InChI=1S/C14H21N3O2/c1-15-14(19)12-6-4-11(5-7-12)10-16-9-8-13(18)17(2)3/h4-7,16H,8-10H2,1-3H3,(H,15,19). The smallest absolute Gasteiger partial charge is 0.251 e. The molecule has 0 aliphatic rings. The fourth-order valence-corrected chi connectivity index (χ4v) is 1.57. The lowest BCUT2D eigenvalue weighted by Gasteiger charge is -2.10. The van der Waals surface area contributed by atoms with Gasteiger partial charge in [0.15, 0.2) is 0 Å². The molecule has 5 nitrogen and oxygen atoms in total. The Morgan fingerprint density at radius 2 is 1.79 bits per heavy atom. The average Bonchev–Trinajstić information content (AvgIpc) is 2.43. The molecule has 19 heavy (non-hydrogen) atoms. The van der Waals surface area contributed by atoms with E-state index in [2.05, 4.69) is 10.6 Å². The van der Waals surface area contributed by atoms with Crippen LogP contribution in [0.25, 0.3) is 0 Å². The second-order valence-corrected chi connectivity index (χ2v) is 4.49. The molecule has 1 aromatic carbocycles. The van der Waals surface area contributed by atoms with Crippen molar-refractivity contribution in [1.82, 2.24) is 15.5 Å². The molecule has 104 valence electrons. The van der Waals surface area contributed by atoms with Gasteiger partial charge in [0.25, 0.3) is 5.91 Å². The van der Waals surface area contributed by atoms with Crippen LogP contribution in [0.3, 0.4) is 0 Å². The first-order valence-corrected chi connectivity index (χ1v) is 6.26. The molecule has 0 fully saturated rings. The number of nitrogens with zero attached hydrogens (tertiary/aromatic N) is 1. The minimum absolute atomic E-state index is 0.0870. The third-order valence-corrected chi connectivity index (χ3v) is 2.79. The van der Waals surface area contributed by atoms with Gasteiger partial charge >= 0.3 is 0 Å². The number of carbonyl (C=O) groups excluding carboxylic acids is 2. The summed E-state index contributed by atoms with van der Waals surface area (Å²) in [4.78, 5) is 24.3. The molecule has 2 amide bonds. The molecule has 1 aromatic rings. The van der Waals surface area contributed by atoms with E-state index in [1.807, 2.05) is 12.1 Å². The van der Waals surface area contributed by atoms with Crippen molar-refractivity contribution in [3.63, 3.8) is 0 Å². The zero-order chi connectivity index (χ0) is 14.3. The normalized spacial score (nSPS) is 10.1. The molecule has 0 spiro atoms. The SMILES string of the molecule is CNC(=O)c1ccc(CNCCC(=O)N(C)C)cc1.